The Kier molecular flexibility index (Phi) is 4.21. The molecule has 0 atom stereocenters. The molecule has 0 radical (unpaired) electrons. The number of aryl methyl sites for hydroxylation is 1. The van der Waals surface area contributed by atoms with Crippen molar-refractivity contribution in [3.05, 3.63) is 29.0 Å². The third kappa shape index (κ3) is 3.08. The van der Waals surface area contributed by atoms with E-state index >= 15 is 0 Å². The van der Waals surface area contributed by atoms with Crippen molar-refractivity contribution in [1.82, 2.24) is 25.2 Å². The number of amides is 1. The molecule has 2 aromatic rings. The van der Waals surface area contributed by atoms with E-state index in [0.29, 0.717) is 15.7 Å². The van der Waals surface area contributed by atoms with E-state index < -0.39 is 0 Å². The predicted molar refractivity (Wildman–Crippen MR) is 81.3 cm³/mol. The first-order chi connectivity index (χ1) is 10.3. The number of nitrogens with zero attached hydrogens (tertiary/aromatic N) is 4. The number of rotatable bonds is 2. The Balaban J connectivity index is 1.85. The molecule has 7 heteroatoms. The summed E-state index contributed by atoms with van der Waals surface area (Å²) in [6, 6.07) is 1.76. The van der Waals surface area contributed by atoms with Crippen molar-refractivity contribution in [3.63, 3.8) is 0 Å². The van der Waals surface area contributed by atoms with Gasteiger partial charge in [0, 0.05) is 32.0 Å². The molecule has 1 N–H and O–H groups in total. The van der Waals surface area contributed by atoms with Crippen LogP contribution >= 0.6 is 11.3 Å². The minimum Gasteiger partial charge on any atom is -0.337 e. The molecule has 1 amide bonds. The second-order valence-corrected chi connectivity index (χ2v) is 5.90. The van der Waals surface area contributed by atoms with Crippen molar-refractivity contribution in [1.29, 1.82) is 0 Å². The molecule has 0 spiro atoms. The lowest BCUT2D eigenvalue weighted by molar-refractivity contribution is 0.0770. The number of hydrogen-bond donors (Lipinski definition) is 1. The van der Waals surface area contributed by atoms with E-state index in [9.17, 15) is 4.79 Å². The molecule has 2 aromatic heterocycles. The van der Waals surface area contributed by atoms with Crippen LogP contribution in [-0.4, -0.2) is 51.9 Å². The Hall–Kier alpha value is -1.86. The lowest BCUT2D eigenvalue weighted by Gasteiger charge is -2.19. The predicted octanol–water partition coefficient (Wildman–Crippen LogP) is 1.34. The number of nitrogens with one attached hydrogen (secondary N) is 1. The van der Waals surface area contributed by atoms with E-state index in [0.717, 1.165) is 38.3 Å². The summed E-state index contributed by atoms with van der Waals surface area (Å²) in [4.78, 5) is 28.1. The van der Waals surface area contributed by atoms with Crippen molar-refractivity contribution in [3.8, 4) is 10.8 Å². The van der Waals surface area contributed by atoms with Crippen molar-refractivity contribution in [2.45, 2.75) is 13.3 Å². The average Bonchev–Trinajstić information content (AvgIpc) is 2.74. The summed E-state index contributed by atoms with van der Waals surface area (Å²) < 4.78 is 0. The van der Waals surface area contributed by atoms with E-state index in [1.54, 1.807) is 18.5 Å². The van der Waals surface area contributed by atoms with Crippen LogP contribution in [0.5, 0.6) is 0 Å². The molecule has 1 fully saturated rings. The van der Waals surface area contributed by atoms with Gasteiger partial charge in [-0.1, -0.05) is 0 Å². The van der Waals surface area contributed by atoms with Gasteiger partial charge in [0.15, 0.2) is 10.8 Å². The molecule has 0 bridgehead atoms. The van der Waals surface area contributed by atoms with E-state index in [1.165, 1.54) is 11.3 Å². The topological polar surface area (TPSA) is 71.0 Å². The van der Waals surface area contributed by atoms with Crippen LogP contribution in [-0.2, 0) is 0 Å². The summed E-state index contributed by atoms with van der Waals surface area (Å²) >= 11 is 1.37. The molecule has 6 nitrogen and oxygen atoms in total. The maximum Gasteiger partial charge on any atom is 0.265 e. The second-order valence-electron chi connectivity index (χ2n) is 4.90. The molecule has 1 saturated heterocycles. The zero-order valence-electron chi connectivity index (χ0n) is 11.9. The Bertz CT molecular complexity index is 620. The summed E-state index contributed by atoms with van der Waals surface area (Å²) in [5, 5.41) is 4.00. The Morgan fingerprint density at radius 2 is 2.10 bits per heavy atom. The van der Waals surface area contributed by atoms with Gasteiger partial charge >= 0.3 is 0 Å². The van der Waals surface area contributed by atoms with Gasteiger partial charge in [-0.05, 0) is 26.0 Å². The molecule has 1 aliphatic rings. The smallest absolute Gasteiger partial charge is 0.265 e. The summed E-state index contributed by atoms with van der Waals surface area (Å²) in [7, 11) is 0. The number of carbonyl (C=O) groups excluding carboxylic acids is 1. The van der Waals surface area contributed by atoms with Gasteiger partial charge in [-0.25, -0.2) is 15.0 Å². The highest BCUT2D eigenvalue weighted by Crippen LogP contribution is 2.26. The fourth-order valence-corrected chi connectivity index (χ4v) is 3.27. The highest BCUT2D eigenvalue weighted by Gasteiger charge is 2.23. The summed E-state index contributed by atoms with van der Waals surface area (Å²) in [5.74, 6) is 0.637. The number of hydrogen-bond acceptors (Lipinski definition) is 6. The second kappa shape index (κ2) is 6.28. The average molecular weight is 303 g/mol. The maximum atomic E-state index is 12.6. The van der Waals surface area contributed by atoms with E-state index in [1.807, 2.05) is 11.8 Å². The van der Waals surface area contributed by atoms with E-state index in [2.05, 4.69) is 20.3 Å². The zero-order chi connectivity index (χ0) is 14.7. The minimum atomic E-state index is 0.0656. The van der Waals surface area contributed by atoms with Gasteiger partial charge in [-0.15, -0.1) is 11.3 Å². The largest absolute Gasteiger partial charge is 0.337 e. The van der Waals surface area contributed by atoms with Gasteiger partial charge in [-0.3, -0.25) is 4.79 Å². The minimum absolute atomic E-state index is 0.0656. The van der Waals surface area contributed by atoms with Gasteiger partial charge in [0.1, 0.15) is 4.88 Å². The molecule has 3 rings (SSSR count). The van der Waals surface area contributed by atoms with Crippen LogP contribution < -0.4 is 5.32 Å². The van der Waals surface area contributed by atoms with Crippen molar-refractivity contribution < 1.29 is 4.79 Å². The van der Waals surface area contributed by atoms with Gasteiger partial charge < -0.3 is 10.2 Å². The molecule has 0 aliphatic carbocycles. The van der Waals surface area contributed by atoms with Gasteiger partial charge in [0.2, 0.25) is 0 Å². The molecule has 110 valence electrons. The third-order valence-electron chi connectivity index (χ3n) is 3.38. The van der Waals surface area contributed by atoms with E-state index in [-0.39, 0.29) is 5.91 Å². The first-order valence-corrected chi connectivity index (χ1v) is 7.82. The summed E-state index contributed by atoms with van der Waals surface area (Å²) in [5.41, 5.74) is 0.754. The van der Waals surface area contributed by atoms with Crippen molar-refractivity contribution in [2.24, 2.45) is 0 Å². The van der Waals surface area contributed by atoms with Crippen LogP contribution in [0.4, 0.5) is 0 Å². The van der Waals surface area contributed by atoms with Crippen molar-refractivity contribution in [2.75, 3.05) is 26.2 Å². The summed E-state index contributed by atoms with van der Waals surface area (Å²) in [6.07, 6.45) is 4.35. The van der Waals surface area contributed by atoms with Crippen LogP contribution in [0, 0.1) is 6.92 Å². The number of aromatic nitrogens is 3. The first kappa shape index (κ1) is 14.1. The molecule has 21 heavy (non-hydrogen) atoms. The molecule has 1 aliphatic heterocycles. The van der Waals surface area contributed by atoms with Crippen LogP contribution in [0.15, 0.2) is 18.5 Å². The fourth-order valence-electron chi connectivity index (χ4n) is 2.29. The van der Waals surface area contributed by atoms with Gasteiger partial charge in [0.05, 0.1) is 5.69 Å². The molecular formula is C14H17N5OS. The lowest BCUT2D eigenvalue weighted by atomic mass is 10.3. The highest BCUT2D eigenvalue weighted by molar-refractivity contribution is 7.17. The van der Waals surface area contributed by atoms with Crippen LogP contribution in [0.25, 0.3) is 10.8 Å². The SMILES string of the molecule is Cc1nc(-c2ncccn2)sc1C(=O)N1CCCNCC1. The van der Waals surface area contributed by atoms with Crippen LogP contribution in [0.3, 0.4) is 0 Å². The third-order valence-corrected chi connectivity index (χ3v) is 4.52. The molecular weight excluding hydrogens is 286 g/mol. The quantitative estimate of drug-likeness (QED) is 0.906. The molecule has 0 aromatic carbocycles. The fraction of sp³-hybridized carbons (Fsp3) is 0.429. The Labute approximate surface area is 127 Å². The Morgan fingerprint density at radius 1 is 1.29 bits per heavy atom. The monoisotopic (exact) mass is 303 g/mol. The number of thiazole rings is 1. The standard InChI is InChI=1S/C14H17N5OS/c1-10-11(14(20)19-8-3-4-15-7-9-19)21-13(18-10)12-16-5-2-6-17-12/h2,5-6,15H,3-4,7-9H2,1H3. The molecule has 0 unspecified atom stereocenters. The van der Waals surface area contributed by atoms with Gasteiger partial charge in [0.25, 0.3) is 5.91 Å². The van der Waals surface area contributed by atoms with Gasteiger partial charge in [-0.2, -0.15) is 0 Å². The van der Waals surface area contributed by atoms with E-state index in [4.69, 9.17) is 0 Å². The number of carbonyl (C=O) groups is 1. The van der Waals surface area contributed by atoms with Crippen LogP contribution in [0.2, 0.25) is 0 Å². The highest BCUT2D eigenvalue weighted by atomic mass is 32.1. The normalized spacial score (nSPS) is 15.8. The summed E-state index contributed by atoms with van der Waals surface area (Å²) in [6.45, 7) is 5.22. The zero-order valence-corrected chi connectivity index (χ0v) is 12.7. The molecule has 0 saturated carbocycles. The van der Waals surface area contributed by atoms with Crippen molar-refractivity contribution >= 4 is 17.2 Å². The first-order valence-electron chi connectivity index (χ1n) is 7.00. The maximum absolute atomic E-state index is 12.6. The Morgan fingerprint density at radius 3 is 2.90 bits per heavy atom. The molecule has 3 heterocycles. The lowest BCUT2D eigenvalue weighted by Crippen LogP contribution is -2.34. The van der Waals surface area contributed by atoms with Crippen LogP contribution in [0.1, 0.15) is 21.8 Å².